The Bertz CT molecular complexity index is 1070. The number of phenols is 1. The lowest BCUT2D eigenvalue weighted by molar-refractivity contribution is -0.113. The molecule has 0 atom stereocenters. The normalized spacial score (nSPS) is 15.7. The van der Waals surface area contributed by atoms with Gasteiger partial charge in [-0.2, -0.15) is 0 Å². The van der Waals surface area contributed by atoms with Crippen molar-refractivity contribution < 1.29 is 19.1 Å². The van der Waals surface area contributed by atoms with Crippen molar-refractivity contribution in [3.63, 3.8) is 0 Å². The van der Waals surface area contributed by atoms with Crippen molar-refractivity contribution >= 4 is 50.6 Å². The lowest BCUT2D eigenvalue weighted by Gasteiger charge is -2.12. The minimum Gasteiger partial charge on any atom is -0.508 e. The van der Waals surface area contributed by atoms with Crippen LogP contribution in [0.15, 0.2) is 74.5 Å². The summed E-state index contributed by atoms with van der Waals surface area (Å²) in [5, 5.41) is 9.17. The molecular formula is C20H12BrNO4S. The van der Waals surface area contributed by atoms with Crippen LogP contribution in [0.2, 0.25) is 0 Å². The van der Waals surface area contributed by atoms with E-state index < -0.39 is 11.1 Å². The van der Waals surface area contributed by atoms with Crippen molar-refractivity contribution in [1.82, 2.24) is 0 Å². The molecule has 0 unspecified atom stereocenters. The van der Waals surface area contributed by atoms with E-state index in [2.05, 4.69) is 15.9 Å². The Morgan fingerprint density at radius 2 is 1.81 bits per heavy atom. The Labute approximate surface area is 167 Å². The van der Waals surface area contributed by atoms with Crippen LogP contribution >= 0.6 is 27.7 Å². The monoisotopic (exact) mass is 441 g/mol. The Hall–Kier alpha value is -2.77. The Morgan fingerprint density at radius 1 is 1.04 bits per heavy atom. The number of carbonyl (C=O) groups excluding carboxylic acids is 2. The third kappa shape index (κ3) is 3.56. The number of thioether (sulfide) groups is 1. The molecule has 2 amide bonds. The number of nitrogens with zero attached hydrogens (tertiary/aromatic N) is 1. The van der Waals surface area contributed by atoms with E-state index in [4.69, 9.17) is 4.42 Å². The third-order valence-corrected chi connectivity index (χ3v) is 5.31. The van der Waals surface area contributed by atoms with E-state index in [1.165, 1.54) is 12.1 Å². The molecule has 1 aliphatic rings. The maximum atomic E-state index is 12.6. The van der Waals surface area contributed by atoms with Gasteiger partial charge in [0.15, 0.2) is 0 Å². The van der Waals surface area contributed by atoms with Crippen LogP contribution in [0.3, 0.4) is 0 Å². The molecule has 2 heterocycles. The summed E-state index contributed by atoms with van der Waals surface area (Å²) in [4.78, 5) is 26.2. The number of furan rings is 1. The molecule has 0 aliphatic carbocycles. The molecule has 5 nitrogen and oxygen atoms in total. The van der Waals surface area contributed by atoms with Crippen LogP contribution < -0.4 is 4.90 Å². The number of aromatic hydroxyl groups is 1. The molecule has 0 radical (unpaired) electrons. The zero-order valence-corrected chi connectivity index (χ0v) is 16.2. The Balaban J connectivity index is 1.61. The molecule has 4 rings (SSSR count). The summed E-state index contributed by atoms with van der Waals surface area (Å²) >= 11 is 4.23. The van der Waals surface area contributed by atoms with Gasteiger partial charge in [0.1, 0.15) is 17.3 Å². The van der Waals surface area contributed by atoms with Crippen molar-refractivity contribution in [1.29, 1.82) is 0 Å². The van der Waals surface area contributed by atoms with Gasteiger partial charge in [-0.25, -0.2) is 4.90 Å². The van der Waals surface area contributed by atoms with E-state index >= 15 is 0 Å². The van der Waals surface area contributed by atoms with E-state index in [1.807, 2.05) is 30.3 Å². The summed E-state index contributed by atoms with van der Waals surface area (Å²) < 4.78 is 6.76. The van der Waals surface area contributed by atoms with Gasteiger partial charge < -0.3 is 9.52 Å². The maximum absolute atomic E-state index is 12.6. The van der Waals surface area contributed by atoms with E-state index in [0.717, 1.165) is 26.7 Å². The standard InChI is InChI=1S/C20H12BrNO4S/c21-13-6-4-12(5-7-13)17-9-8-16(26-17)11-18-19(24)22(20(25)27-18)14-2-1-3-15(23)10-14/h1-11,23H. The molecule has 1 fully saturated rings. The Kier molecular flexibility index (Phi) is 4.63. The highest BCUT2D eigenvalue weighted by atomic mass is 79.9. The quantitative estimate of drug-likeness (QED) is 0.531. The van der Waals surface area contributed by atoms with Gasteiger partial charge in [0.05, 0.1) is 10.6 Å². The fourth-order valence-corrected chi connectivity index (χ4v) is 3.74. The lowest BCUT2D eigenvalue weighted by atomic mass is 10.2. The minimum absolute atomic E-state index is 0.0132. The molecule has 27 heavy (non-hydrogen) atoms. The highest BCUT2D eigenvalue weighted by Gasteiger charge is 2.36. The zero-order valence-electron chi connectivity index (χ0n) is 13.8. The average Bonchev–Trinajstić information content (AvgIpc) is 3.21. The molecule has 0 spiro atoms. The summed E-state index contributed by atoms with van der Waals surface area (Å²) in [5.74, 6) is 0.688. The SMILES string of the molecule is O=C1SC(=Cc2ccc(-c3ccc(Br)cc3)o2)C(=O)N1c1cccc(O)c1. The van der Waals surface area contributed by atoms with Crippen LogP contribution in [-0.2, 0) is 4.79 Å². The second-order valence-corrected chi connectivity index (χ2v) is 7.65. The van der Waals surface area contributed by atoms with Crippen molar-refractivity contribution in [3.05, 3.63) is 75.8 Å². The molecule has 2 aromatic carbocycles. The highest BCUT2D eigenvalue weighted by molar-refractivity contribution is 9.10. The Morgan fingerprint density at radius 3 is 2.56 bits per heavy atom. The van der Waals surface area contributed by atoms with Crippen molar-refractivity contribution in [3.8, 4) is 17.1 Å². The topological polar surface area (TPSA) is 70.8 Å². The summed E-state index contributed by atoms with van der Waals surface area (Å²) in [6.45, 7) is 0. The van der Waals surface area contributed by atoms with Gasteiger partial charge >= 0.3 is 0 Å². The van der Waals surface area contributed by atoms with E-state index in [1.54, 1.807) is 24.3 Å². The van der Waals surface area contributed by atoms with Gasteiger partial charge in [0.25, 0.3) is 11.1 Å². The molecule has 1 N–H and O–H groups in total. The number of hydrogen-bond acceptors (Lipinski definition) is 5. The summed E-state index contributed by atoms with van der Waals surface area (Å²) in [7, 11) is 0. The van der Waals surface area contributed by atoms with E-state index in [-0.39, 0.29) is 10.7 Å². The number of imide groups is 1. The largest absolute Gasteiger partial charge is 0.508 e. The van der Waals surface area contributed by atoms with Gasteiger partial charge in [-0.15, -0.1) is 0 Å². The van der Waals surface area contributed by atoms with Gasteiger partial charge in [-0.05, 0) is 48.2 Å². The van der Waals surface area contributed by atoms with Gasteiger partial charge in [-0.3, -0.25) is 9.59 Å². The molecule has 0 bridgehead atoms. The summed E-state index contributed by atoms with van der Waals surface area (Å²) in [5.41, 5.74) is 1.24. The van der Waals surface area contributed by atoms with Crippen molar-refractivity contribution in [2.24, 2.45) is 0 Å². The highest BCUT2D eigenvalue weighted by Crippen LogP contribution is 2.37. The van der Waals surface area contributed by atoms with Crippen molar-refractivity contribution in [2.45, 2.75) is 0 Å². The first-order chi connectivity index (χ1) is 13.0. The molecule has 0 saturated carbocycles. The van der Waals surface area contributed by atoms with E-state index in [0.29, 0.717) is 17.2 Å². The maximum Gasteiger partial charge on any atom is 0.298 e. The van der Waals surface area contributed by atoms with Crippen LogP contribution in [0, 0.1) is 0 Å². The lowest BCUT2D eigenvalue weighted by Crippen LogP contribution is -2.27. The first-order valence-corrected chi connectivity index (χ1v) is 9.55. The molecule has 7 heteroatoms. The number of amides is 2. The first-order valence-electron chi connectivity index (χ1n) is 7.94. The third-order valence-electron chi connectivity index (χ3n) is 3.91. The van der Waals surface area contributed by atoms with Gasteiger partial charge in [-0.1, -0.05) is 34.1 Å². The fraction of sp³-hybridized carbons (Fsp3) is 0. The zero-order chi connectivity index (χ0) is 19.0. The molecule has 1 aliphatic heterocycles. The fourth-order valence-electron chi connectivity index (χ4n) is 2.65. The molecule has 1 saturated heterocycles. The number of carbonyl (C=O) groups is 2. The van der Waals surface area contributed by atoms with Crippen LogP contribution in [0.25, 0.3) is 17.4 Å². The van der Waals surface area contributed by atoms with Crippen LogP contribution in [0.4, 0.5) is 10.5 Å². The van der Waals surface area contributed by atoms with Crippen LogP contribution in [0.5, 0.6) is 5.75 Å². The van der Waals surface area contributed by atoms with Gasteiger partial charge in [0.2, 0.25) is 0 Å². The number of anilines is 1. The molecular weight excluding hydrogens is 430 g/mol. The van der Waals surface area contributed by atoms with Gasteiger partial charge in [0, 0.05) is 22.2 Å². The second kappa shape index (κ2) is 7.09. The number of rotatable bonds is 3. The molecule has 1 aromatic heterocycles. The number of hydrogen-bond donors (Lipinski definition) is 1. The smallest absolute Gasteiger partial charge is 0.298 e. The second-order valence-electron chi connectivity index (χ2n) is 5.75. The summed E-state index contributed by atoms with van der Waals surface area (Å²) in [6.07, 6.45) is 1.55. The average molecular weight is 442 g/mol. The minimum atomic E-state index is -0.447. The summed E-state index contributed by atoms with van der Waals surface area (Å²) in [6, 6.07) is 17.3. The number of benzene rings is 2. The molecule has 3 aromatic rings. The van der Waals surface area contributed by atoms with E-state index in [9.17, 15) is 14.7 Å². The van der Waals surface area contributed by atoms with Crippen molar-refractivity contribution in [2.75, 3.05) is 4.90 Å². The van der Waals surface area contributed by atoms with Crippen LogP contribution in [-0.4, -0.2) is 16.3 Å². The number of halogens is 1. The number of phenolic OH excluding ortho intramolecular Hbond substituents is 1. The van der Waals surface area contributed by atoms with Crippen LogP contribution in [0.1, 0.15) is 5.76 Å². The predicted octanol–water partition coefficient (Wildman–Crippen LogP) is 5.66. The first kappa shape index (κ1) is 17.6. The predicted molar refractivity (Wildman–Crippen MR) is 108 cm³/mol. The molecule has 134 valence electrons.